The van der Waals surface area contributed by atoms with Crippen LogP contribution in [0.3, 0.4) is 0 Å². The lowest BCUT2D eigenvalue weighted by molar-refractivity contribution is -0.0976. The van der Waals surface area contributed by atoms with Gasteiger partial charge in [0.15, 0.2) is 17.4 Å². The molecule has 13 nitrogen and oxygen atoms in total. The van der Waals surface area contributed by atoms with E-state index in [1.807, 2.05) is 66.7 Å². The molecule has 244 valence electrons. The highest BCUT2D eigenvalue weighted by Crippen LogP contribution is 2.51. The standard InChI is InChI=1S/C34H36N6O7/c1-39(2)18-36-33-37-30-25(31(44)38-33)35-19-40(30)32-27(42)26(41)28(47-32)29(43)34(20-12-6-5-7-13-20,21-14-8-10-16-23(21)45-3)22-15-9-11-17-24(22)46-4/h5-19,26-29,32,41-43H,1-4H3,(H,37,38,44)/t26-,27+,28-,29?,32+/m0/s1. The molecular weight excluding hydrogens is 604 g/mol. The molecule has 1 saturated heterocycles. The molecule has 0 saturated carbocycles. The van der Waals surface area contributed by atoms with E-state index >= 15 is 0 Å². The highest BCUT2D eigenvalue weighted by atomic mass is 16.6. The summed E-state index contributed by atoms with van der Waals surface area (Å²) in [5, 5.41) is 35.9. The highest BCUT2D eigenvalue weighted by Gasteiger charge is 2.56. The third-order valence-corrected chi connectivity index (χ3v) is 8.43. The van der Waals surface area contributed by atoms with E-state index in [0.717, 1.165) is 0 Å². The highest BCUT2D eigenvalue weighted by molar-refractivity contribution is 5.71. The van der Waals surface area contributed by atoms with Crippen molar-refractivity contribution >= 4 is 23.5 Å². The molecule has 1 aliphatic heterocycles. The predicted octanol–water partition coefficient (Wildman–Crippen LogP) is 2.37. The number of benzene rings is 3. The summed E-state index contributed by atoms with van der Waals surface area (Å²) in [4.78, 5) is 29.9. The van der Waals surface area contributed by atoms with E-state index in [4.69, 9.17) is 14.2 Å². The van der Waals surface area contributed by atoms with Gasteiger partial charge in [-0.1, -0.05) is 66.7 Å². The van der Waals surface area contributed by atoms with Gasteiger partial charge in [-0.3, -0.25) is 14.3 Å². The van der Waals surface area contributed by atoms with E-state index in [-0.39, 0.29) is 17.1 Å². The first-order chi connectivity index (χ1) is 22.7. The van der Waals surface area contributed by atoms with Crippen molar-refractivity contribution in [3.63, 3.8) is 0 Å². The fraction of sp³-hybridized carbons (Fsp3) is 0.294. The lowest BCUT2D eigenvalue weighted by Crippen LogP contribution is -2.52. The first kappa shape index (κ1) is 31.9. The molecule has 3 heterocycles. The number of aromatic amines is 1. The Balaban J connectivity index is 1.53. The third-order valence-electron chi connectivity index (χ3n) is 8.43. The summed E-state index contributed by atoms with van der Waals surface area (Å²) in [5.41, 5.74) is -0.131. The van der Waals surface area contributed by atoms with E-state index in [2.05, 4.69) is 19.9 Å². The fourth-order valence-electron chi connectivity index (χ4n) is 6.34. The number of para-hydroxylation sites is 2. The van der Waals surface area contributed by atoms with Crippen LogP contribution in [0.4, 0.5) is 5.95 Å². The Bertz CT molecular complexity index is 1900. The van der Waals surface area contributed by atoms with E-state index in [1.165, 1.54) is 17.2 Å². The summed E-state index contributed by atoms with van der Waals surface area (Å²) in [6.07, 6.45) is -4.57. The van der Waals surface area contributed by atoms with Crippen molar-refractivity contribution in [2.45, 2.75) is 36.1 Å². The molecule has 0 bridgehead atoms. The van der Waals surface area contributed by atoms with Gasteiger partial charge in [0.1, 0.15) is 35.9 Å². The Morgan fingerprint density at radius 3 is 2.15 bits per heavy atom. The van der Waals surface area contributed by atoms with Crippen molar-refractivity contribution < 1.29 is 29.5 Å². The summed E-state index contributed by atoms with van der Waals surface area (Å²) in [5.74, 6) is 0.958. The minimum atomic E-state index is -1.59. The number of H-pyrrole nitrogens is 1. The fourth-order valence-corrected chi connectivity index (χ4v) is 6.34. The van der Waals surface area contributed by atoms with Crippen molar-refractivity contribution in [1.82, 2.24) is 24.4 Å². The number of hydrogen-bond donors (Lipinski definition) is 4. The zero-order valence-corrected chi connectivity index (χ0v) is 26.3. The topological polar surface area (TPSA) is 168 Å². The maximum absolute atomic E-state index is 12.8. The molecule has 5 atom stereocenters. The molecule has 0 spiro atoms. The smallest absolute Gasteiger partial charge is 0.280 e. The second kappa shape index (κ2) is 13.0. The number of ether oxygens (including phenoxy) is 3. The maximum Gasteiger partial charge on any atom is 0.280 e. The van der Waals surface area contributed by atoms with Gasteiger partial charge in [-0.25, -0.2) is 9.98 Å². The number of imidazole rings is 1. The van der Waals surface area contributed by atoms with Crippen molar-refractivity contribution in [3.05, 3.63) is 112 Å². The summed E-state index contributed by atoms with van der Waals surface area (Å²) < 4.78 is 19.4. The van der Waals surface area contributed by atoms with Crippen LogP contribution in [0.5, 0.6) is 11.5 Å². The number of nitrogens with zero attached hydrogens (tertiary/aromatic N) is 5. The minimum Gasteiger partial charge on any atom is -0.496 e. The summed E-state index contributed by atoms with van der Waals surface area (Å²) in [6, 6.07) is 23.9. The van der Waals surface area contributed by atoms with Crippen LogP contribution < -0.4 is 15.0 Å². The van der Waals surface area contributed by atoms with E-state index in [1.54, 1.807) is 45.3 Å². The number of hydrogen-bond acceptors (Lipinski definition) is 10. The molecule has 4 N–H and O–H groups in total. The lowest BCUT2D eigenvalue weighted by Gasteiger charge is -2.43. The van der Waals surface area contributed by atoms with Gasteiger partial charge < -0.3 is 34.4 Å². The number of nitrogens with one attached hydrogen (secondary N) is 1. The van der Waals surface area contributed by atoms with Crippen molar-refractivity contribution in [2.75, 3.05) is 28.3 Å². The second-order valence-electron chi connectivity index (χ2n) is 11.4. The van der Waals surface area contributed by atoms with Gasteiger partial charge in [0.05, 0.1) is 32.3 Å². The van der Waals surface area contributed by atoms with E-state index < -0.39 is 41.6 Å². The summed E-state index contributed by atoms with van der Waals surface area (Å²) >= 11 is 0. The number of aliphatic imine (C=N–C) groups is 1. The van der Waals surface area contributed by atoms with Gasteiger partial charge in [0.2, 0.25) is 5.95 Å². The Hall–Kier alpha value is -5.08. The van der Waals surface area contributed by atoms with Gasteiger partial charge in [0.25, 0.3) is 5.56 Å². The first-order valence-corrected chi connectivity index (χ1v) is 14.9. The van der Waals surface area contributed by atoms with Gasteiger partial charge in [-0.2, -0.15) is 4.98 Å². The van der Waals surface area contributed by atoms with Crippen molar-refractivity contribution in [3.8, 4) is 11.5 Å². The summed E-state index contributed by atoms with van der Waals surface area (Å²) in [7, 11) is 6.62. The third kappa shape index (κ3) is 5.42. The van der Waals surface area contributed by atoms with Crippen LogP contribution in [0.15, 0.2) is 95.0 Å². The predicted molar refractivity (Wildman–Crippen MR) is 174 cm³/mol. The first-order valence-electron chi connectivity index (χ1n) is 14.9. The molecule has 1 aliphatic rings. The van der Waals surface area contributed by atoms with Gasteiger partial charge in [-0.15, -0.1) is 0 Å². The Morgan fingerprint density at radius 1 is 0.957 bits per heavy atom. The zero-order chi connectivity index (χ0) is 33.3. The van der Waals surface area contributed by atoms with Crippen molar-refractivity contribution in [2.24, 2.45) is 4.99 Å². The quantitative estimate of drug-likeness (QED) is 0.101. The van der Waals surface area contributed by atoms with Crippen LogP contribution in [0.25, 0.3) is 11.2 Å². The molecule has 0 radical (unpaired) electrons. The molecule has 5 aromatic rings. The molecule has 13 heteroatoms. The van der Waals surface area contributed by atoms with E-state index in [0.29, 0.717) is 28.2 Å². The molecule has 1 unspecified atom stereocenters. The number of aromatic nitrogens is 4. The van der Waals surface area contributed by atoms with Crippen LogP contribution in [0.1, 0.15) is 22.9 Å². The number of aliphatic hydroxyl groups is 3. The Kier molecular flexibility index (Phi) is 8.80. The lowest BCUT2D eigenvalue weighted by atomic mass is 9.63. The van der Waals surface area contributed by atoms with Crippen LogP contribution >= 0.6 is 0 Å². The molecular formula is C34H36N6O7. The largest absolute Gasteiger partial charge is 0.496 e. The minimum absolute atomic E-state index is 0.00947. The molecule has 1 fully saturated rings. The van der Waals surface area contributed by atoms with Gasteiger partial charge >= 0.3 is 0 Å². The Morgan fingerprint density at radius 2 is 1.55 bits per heavy atom. The molecule has 47 heavy (non-hydrogen) atoms. The number of methoxy groups -OCH3 is 2. The number of aliphatic hydroxyl groups excluding tert-OH is 3. The number of fused-ring (bicyclic) bond motifs is 1. The molecule has 3 aromatic carbocycles. The SMILES string of the molecule is COc1ccccc1C(c1ccccc1)(c1ccccc1OC)C(O)[C@H]1O[C@@H](n2cnc3c(=O)[nH]c(N=CN(C)C)nc32)[C@H](O)[C@@H]1O. The van der Waals surface area contributed by atoms with Gasteiger partial charge in [0, 0.05) is 25.2 Å². The second-order valence-corrected chi connectivity index (χ2v) is 11.4. The average molecular weight is 641 g/mol. The van der Waals surface area contributed by atoms with Crippen LogP contribution in [-0.4, -0.2) is 98.8 Å². The van der Waals surface area contributed by atoms with E-state index in [9.17, 15) is 20.1 Å². The monoisotopic (exact) mass is 640 g/mol. The maximum atomic E-state index is 12.8. The summed E-state index contributed by atoms with van der Waals surface area (Å²) in [6.45, 7) is 0. The normalized spacial score (nSPS) is 20.5. The number of rotatable bonds is 10. The average Bonchev–Trinajstić information content (AvgIpc) is 3.65. The van der Waals surface area contributed by atoms with Crippen LogP contribution in [0, 0.1) is 0 Å². The Labute approximate surface area is 270 Å². The molecule has 0 amide bonds. The van der Waals surface area contributed by atoms with Crippen molar-refractivity contribution in [1.29, 1.82) is 0 Å². The molecule has 0 aliphatic carbocycles. The van der Waals surface area contributed by atoms with Crippen LogP contribution in [0.2, 0.25) is 0 Å². The van der Waals surface area contributed by atoms with Gasteiger partial charge in [-0.05, 0) is 17.7 Å². The molecule has 2 aromatic heterocycles. The molecule has 6 rings (SSSR count). The van der Waals surface area contributed by atoms with Crippen LogP contribution in [-0.2, 0) is 10.2 Å². The zero-order valence-electron chi connectivity index (χ0n) is 26.3.